The molecular weight excluding hydrogens is 282 g/mol. The van der Waals surface area contributed by atoms with Gasteiger partial charge in [-0.3, -0.25) is 0 Å². The second-order valence-electron chi connectivity index (χ2n) is 4.67. The lowest BCUT2D eigenvalue weighted by Crippen LogP contribution is -1.95. The van der Waals surface area contributed by atoms with Crippen LogP contribution in [0.5, 0.6) is 0 Å². The van der Waals surface area contributed by atoms with E-state index in [-0.39, 0.29) is 5.02 Å². The van der Waals surface area contributed by atoms with Crippen LogP contribution in [0.4, 0.5) is 4.39 Å². The zero-order valence-electron chi connectivity index (χ0n) is 10.9. The molecule has 0 aliphatic rings. The van der Waals surface area contributed by atoms with E-state index in [1.807, 2.05) is 18.2 Å². The van der Waals surface area contributed by atoms with Crippen molar-refractivity contribution in [3.05, 3.63) is 57.8 Å². The van der Waals surface area contributed by atoms with Gasteiger partial charge in [0.2, 0.25) is 0 Å². The first-order valence-electron chi connectivity index (χ1n) is 6.27. The van der Waals surface area contributed by atoms with Gasteiger partial charge in [-0.15, -0.1) is 0 Å². The van der Waals surface area contributed by atoms with Crippen molar-refractivity contribution in [1.82, 2.24) is 0 Å². The molecule has 0 fully saturated rings. The second-order valence-corrected chi connectivity index (χ2v) is 5.51. The molecule has 0 saturated carbocycles. The quantitative estimate of drug-likeness (QED) is 0.622. The number of benzene rings is 2. The maximum absolute atomic E-state index is 13.3. The van der Waals surface area contributed by atoms with Crippen LogP contribution in [0.1, 0.15) is 31.7 Å². The zero-order chi connectivity index (χ0) is 14.0. The van der Waals surface area contributed by atoms with Crippen LogP contribution in [0.25, 0.3) is 11.1 Å². The maximum Gasteiger partial charge on any atom is 0.141 e. The monoisotopic (exact) mass is 296 g/mol. The van der Waals surface area contributed by atoms with Crippen LogP contribution < -0.4 is 0 Å². The standard InChI is InChI=1S/C16H15Cl2F/c1-3-10(2)13-6-5-12(17)9-14(13)11-4-7-16(19)15(18)8-11/h4-10H,3H2,1-2H3. The van der Waals surface area contributed by atoms with Gasteiger partial charge in [0.25, 0.3) is 0 Å². The lowest BCUT2D eigenvalue weighted by Gasteiger charge is -2.16. The van der Waals surface area contributed by atoms with Crippen molar-refractivity contribution in [2.75, 3.05) is 0 Å². The van der Waals surface area contributed by atoms with E-state index in [9.17, 15) is 4.39 Å². The molecular formula is C16H15Cl2F. The minimum absolute atomic E-state index is 0.132. The van der Waals surface area contributed by atoms with Crippen molar-refractivity contribution in [2.45, 2.75) is 26.2 Å². The lowest BCUT2D eigenvalue weighted by molar-refractivity contribution is 0.628. The minimum Gasteiger partial charge on any atom is -0.205 e. The Balaban J connectivity index is 2.59. The summed E-state index contributed by atoms with van der Waals surface area (Å²) >= 11 is 11.9. The molecule has 0 nitrogen and oxygen atoms in total. The molecule has 1 atom stereocenters. The van der Waals surface area contributed by atoms with Crippen molar-refractivity contribution in [3.8, 4) is 11.1 Å². The highest BCUT2D eigenvalue weighted by Gasteiger charge is 2.12. The molecule has 19 heavy (non-hydrogen) atoms. The van der Waals surface area contributed by atoms with Crippen LogP contribution >= 0.6 is 23.2 Å². The fourth-order valence-electron chi connectivity index (χ4n) is 2.09. The Hall–Kier alpha value is -1.05. The molecule has 0 radical (unpaired) electrons. The predicted molar refractivity (Wildman–Crippen MR) is 80.6 cm³/mol. The van der Waals surface area contributed by atoms with Crippen LogP contribution in [-0.4, -0.2) is 0 Å². The third kappa shape index (κ3) is 3.10. The van der Waals surface area contributed by atoms with Crippen molar-refractivity contribution in [2.24, 2.45) is 0 Å². The van der Waals surface area contributed by atoms with E-state index in [2.05, 4.69) is 13.8 Å². The third-order valence-corrected chi connectivity index (χ3v) is 3.91. The number of halogens is 3. The van der Waals surface area contributed by atoms with Gasteiger partial charge < -0.3 is 0 Å². The van der Waals surface area contributed by atoms with E-state index < -0.39 is 5.82 Å². The molecule has 0 aliphatic heterocycles. The molecule has 0 spiro atoms. The Morgan fingerprint density at radius 3 is 2.47 bits per heavy atom. The number of hydrogen-bond acceptors (Lipinski definition) is 0. The molecule has 2 aromatic carbocycles. The van der Waals surface area contributed by atoms with E-state index in [1.54, 1.807) is 12.1 Å². The third-order valence-electron chi connectivity index (χ3n) is 3.39. The van der Waals surface area contributed by atoms with Gasteiger partial charge in [0.05, 0.1) is 5.02 Å². The number of hydrogen-bond donors (Lipinski definition) is 0. The van der Waals surface area contributed by atoms with E-state index in [1.165, 1.54) is 11.6 Å². The minimum atomic E-state index is -0.405. The summed E-state index contributed by atoms with van der Waals surface area (Å²) in [5.41, 5.74) is 3.11. The Morgan fingerprint density at radius 2 is 1.84 bits per heavy atom. The van der Waals surface area contributed by atoms with Crippen molar-refractivity contribution < 1.29 is 4.39 Å². The molecule has 0 saturated heterocycles. The smallest absolute Gasteiger partial charge is 0.141 e. The first-order valence-corrected chi connectivity index (χ1v) is 7.03. The topological polar surface area (TPSA) is 0 Å². The molecule has 3 heteroatoms. The van der Waals surface area contributed by atoms with Crippen molar-refractivity contribution in [3.63, 3.8) is 0 Å². The van der Waals surface area contributed by atoms with E-state index in [0.717, 1.165) is 17.5 Å². The molecule has 0 aromatic heterocycles. The van der Waals surface area contributed by atoms with Crippen LogP contribution in [0.15, 0.2) is 36.4 Å². The summed E-state index contributed by atoms with van der Waals surface area (Å²) < 4.78 is 13.3. The highest BCUT2D eigenvalue weighted by Crippen LogP contribution is 2.34. The summed E-state index contributed by atoms with van der Waals surface area (Å²) in [5, 5.41) is 0.801. The molecule has 1 unspecified atom stereocenters. The molecule has 2 aromatic rings. The average Bonchev–Trinajstić information content (AvgIpc) is 2.41. The van der Waals surface area contributed by atoms with Gasteiger partial charge in [-0.1, -0.05) is 49.2 Å². The zero-order valence-corrected chi connectivity index (χ0v) is 12.4. The van der Waals surface area contributed by atoms with Crippen LogP contribution in [0.2, 0.25) is 10.0 Å². The molecule has 0 heterocycles. The van der Waals surface area contributed by atoms with Crippen LogP contribution in [0, 0.1) is 5.82 Å². The Morgan fingerprint density at radius 1 is 1.11 bits per heavy atom. The van der Waals surface area contributed by atoms with Crippen molar-refractivity contribution >= 4 is 23.2 Å². The van der Waals surface area contributed by atoms with Gasteiger partial charge in [-0.05, 0) is 53.3 Å². The van der Waals surface area contributed by atoms with Gasteiger partial charge in [-0.2, -0.15) is 0 Å². The summed E-state index contributed by atoms with van der Waals surface area (Å²) in [7, 11) is 0. The molecule has 0 amide bonds. The lowest BCUT2D eigenvalue weighted by atomic mass is 9.90. The second kappa shape index (κ2) is 5.94. The summed E-state index contributed by atoms with van der Waals surface area (Å²) in [6, 6.07) is 10.6. The number of rotatable bonds is 3. The highest BCUT2D eigenvalue weighted by molar-refractivity contribution is 6.31. The summed E-state index contributed by atoms with van der Waals surface area (Å²) in [4.78, 5) is 0. The van der Waals surface area contributed by atoms with Crippen LogP contribution in [0.3, 0.4) is 0 Å². The maximum atomic E-state index is 13.3. The van der Waals surface area contributed by atoms with Crippen molar-refractivity contribution in [1.29, 1.82) is 0 Å². The van der Waals surface area contributed by atoms with Gasteiger partial charge >= 0.3 is 0 Å². The average molecular weight is 297 g/mol. The summed E-state index contributed by atoms with van der Waals surface area (Å²) in [6.45, 7) is 4.30. The molecule has 0 aliphatic carbocycles. The van der Waals surface area contributed by atoms with Crippen LogP contribution in [-0.2, 0) is 0 Å². The molecule has 0 N–H and O–H groups in total. The summed E-state index contributed by atoms with van der Waals surface area (Å²) in [6.07, 6.45) is 1.03. The normalized spacial score (nSPS) is 12.5. The molecule has 0 bridgehead atoms. The summed E-state index contributed by atoms with van der Waals surface area (Å²) in [5.74, 6) is 0.00799. The fourth-order valence-corrected chi connectivity index (χ4v) is 2.44. The van der Waals surface area contributed by atoms with Gasteiger partial charge in [-0.25, -0.2) is 4.39 Å². The van der Waals surface area contributed by atoms with Gasteiger partial charge in [0.1, 0.15) is 5.82 Å². The highest BCUT2D eigenvalue weighted by atomic mass is 35.5. The molecule has 2 rings (SSSR count). The first-order chi connectivity index (χ1) is 9.02. The predicted octanol–water partition coefficient (Wildman–Crippen LogP) is 6.31. The molecule has 100 valence electrons. The fraction of sp³-hybridized carbons (Fsp3) is 0.250. The Kier molecular flexibility index (Phi) is 4.49. The van der Waals surface area contributed by atoms with E-state index in [4.69, 9.17) is 23.2 Å². The van der Waals surface area contributed by atoms with Gasteiger partial charge in [0.15, 0.2) is 0 Å². The Labute approximate surface area is 123 Å². The van der Waals surface area contributed by atoms with Gasteiger partial charge in [0, 0.05) is 5.02 Å². The van der Waals surface area contributed by atoms with E-state index >= 15 is 0 Å². The first kappa shape index (κ1) is 14.4. The Bertz CT molecular complexity index is 593. The SMILES string of the molecule is CCC(C)c1ccc(Cl)cc1-c1ccc(F)c(Cl)c1. The van der Waals surface area contributed by atoms with E-state index in [0.29, 0.717) is 10.9 Å². The largest absolute Gasteiger partial charge is 0.205 e.